The van der Waals surface area contributed by atoms with E-state index in [0.29, 0.717) is 26.1 Å². The Morgan fingerprint density at radius 2 is 1.94 bits per heavy atom. The number of rotatable bonds is 6. The van der Waals surface area contributed by atoms with Crippen LogP contribution in [0.5, 0.6) is 0 Å². The Kier molecular flexibility index (Phi) is 5.06. The van der Waals surface area contributed by atoms with Crippen LogP contribution in [0.25, 0.3) is 11.2 Å². The summed E-state index contributed by atoms with van der Waals surface area (Å²) in [5.74, 6) is 0. The number of hydrogen-bond donors (Lipinski definition) is 1. The monoisotopic (exact) mass is 476 g/mol. The molecule has 0 radical (unpaired) electrons. The van der Waals surface area contributed by atoms with E-state index in [4.69, 9.17) is 14.5 Å². The summed E-state index contributed by atoms with van der Waals surface area (Å²) < 4.78 is 55.5. The molecule has 3 aliphatic heterocycles. The summed E-state index contributed by atoms with van der Waals surface area (Å²) in [6.45, 7) is 3.73. The van der Waals surface area contributed by atoms with E-state index in [0.717, 1.165) is 68.2 Å². The molecular weight excluding hydrogens is 447 g/mol. The number of aromatic nitrogens is 2. The SMILES string of the molecule is O=S(=O)(NC1(CF)CC1)c1cc(N2CCC3(CC2)COC3)c2ncc(C3=CCOCC3)n2c1. The van der Waals surface area contributed by atoms with Gasteiger partial charge >= 0.3 is 0 Å². The average molecular weight is 477 g/mol. The highest BCUT2D eigenvalue weighted by Crippen LogP contribution is 2.41. The molecule has 1 spiro atoms. The first-order valence-electron chi connectivity index (χ1n) is 11.6. The van der Waals surface area contributed by atoms with Crippen LogP contribution in [0.1, 0.15) is 37.8 Å². The molecule has 2 saturated heterocycles. The van der Waals surface area contributed by atoms with Gasteiger partial charge in [0.2, 0.25) is 10.0 Å². The average Bonchev–Trinajstić information content (AvgIpc) is 3.44. The van der Waals surface area contributed by atoms with Crippen LogP contribution >= 0.6 is 0 Å². The molecule has 6 rings (SSSR count). The molecule has 1 N–H and O–H groups in total. The van der Waals surface area contributed by atoms with E-state index in [2.05, 4.69) is 9.62 Å². The van der Waals surface area contributed by atoms with Crippen molar-refractivity contribution in [3.63, 3.8) is 0 Å². The van der Waals surface area contributed by atoms with Crippen LogP contribution in [0, 0.1) is 5.41 Å². The first-order valence-corrected chi connectivity index (χ1v) is 13.1. The molecule has 0 atom stereocenters. The lowest BCUT2D eigenvalue weighted by molar-refractivity contribution is -0.124. The fraction of sp³-hybridized carbons (Fsp3) is 0.609. The van der Waals surface area contributed by atoms with E-state index < -0.39 is 22.2 Å². The van der Waals surface area contributed by atoms with Gasteiger partial charge in [0.25, 0.3) is 0 Å². The maximum Gasteiger partial charge on any atom is 0.242 e. The Labute approximate surface area is 192 Å². The molecule has 8 nitrogen and oxygen atoms in total. The number of imidazole rings is 1. The van der Waals surface area contributed by atoms with Crippen molar-refractivity contribution in [3.8, 4) is 0 Å². The molecular formula is C23H29FN4O4S. The van der Waals surface area contributed by atoms with E-state index in [9.17, 15) is 12.8 Å². The topological polar surface area (TPSA) is 85.2 Å². The van der Waals surface area contributed by atoms with Crippen molar-refractivity contribution < 1.29 is 22.3 Å². The second-order valence-electron chi connectivity index (χ2n) is 9.95. The van der Waals surface area contributed by atoms with Gasteiger partial charge in [-0.2, -0.15) is 0 Å². The summed E-state index contributed by atoms with van der Waals surface area (Å²) in [5, 5.41) is 0. The van der Waals surface area contributed by atoms with Gasteiger partial charge < -0.3 is 14.4 Å². The molecule has 1 aliphatic carbocycles. The Hall–Kier alpha value is -2.01. The Bertz CT molecular complexity index is 1210. The van der Waals surface area contributed by atoms with Crippen LogP contribution < -0.4 is 9.62 Å². The molecule has 0 unspecified atom stereocenters. The Morgan fingerprint density at radius 1 is 1.15 bits per heavy atom. The molecule has 0 aromatic carbocycles. The van der Waals surface area contributed by atoms with Crippen molar-refractivity contribution in [2.75, 3.05) is 51.1 Å². The van der Waals surface area contributed by atoms with E-state index >= 15 is 0 Å². The van der Waals surface area contributed by atoms with Gasteiger partial charge in [-0.1, -0.05) is 6.08 Å². The first-order chi connectivity index (χ1) is 15.9. The van der Waals surface area contributed by atoms with Crippen molar-refractivity contribution in [1.29, 1.82) is 0 Å². The predicted molar refractivity (Wildman–Crippen MR) is 122 cm³/mol. The molecule has 0 bridgehead atoms. The van der Waals surface area contributed by atoms with Gasteiger partial charge in [0.05, 0.1) is 49.5 Å². The van der Waals surface area contributed by atoms with Crippen LogP contribution in [0.15, 0.2) is 29.4 Å². The minimum absolute atomic E-state index is 0.142. The molecule has 178 valence electrons. The van der Waals surface area contributed by atoms with Crippen LogP contribution in [-0.4, -0.2) is 69.5 Å². The van der Waals surface area contributed by atoms with E-state index in [1.165, 1.54) is 0 Å². The molecule has 33 heavy (non-hydrogen) atoms. The number of nitrogens with zero attached hydrogens (tertiary/aromatic N) is 3. The maximum atomic E-state index is 13.5. The number of fused-ring (bicyclic) bond motifs is 1. The van der Waals surface area contributed by atoms with Crippen molar-refractivity contribution in [1.82, 2.24) is 14.1 Å². The zero-order chi connectivity index (χ0) is 22.7. The lowest BCUT2D eigenvalue weighted by Crippen LogP contribution is -2.51. The second-order valence-corrected chi connectivity index (χ2v) is 11.6. The van der Waals surface area contributed by atoms with E-state index in [-0.39, 0.29) is 10.3 Å². The third kappa shape index (κ3) is 3.77. The zero-order valence-corrected chi connectivity index (χ0v) is 19.4. The number of ether oxygens (including phenoxy) is 2. The van der Waals surface area contributed by atoms with Crippen molar-refractivity contribution in [2.24, 2.45) is 5.41 Å². The fourth-order valence-corrected chi connectivity index (χ4v) is 6.54. The highest BCUT2D eigenvalue weighted by atomic mass is 32.2. The van der Waals surface area contributed by atoms with Gasteiger partial charge in [-0.15, -0.1) is 0 Å². The number of halogens is 1. The lowest BCUT2D eigenvalue weighted by atomic mass is 9.77. The minimum atomic E-state index is -3.89. The van der Waals surface area contributed by atoms with Crippen LogP contribution in [0.2, 0.25) is 0 Å². The molecule has 5 heterocycles. The van der Waals surface area contributed by atoms with Crippen molar-refractivity contribution >= 4 is 26.9 Å². The number of nitrogens with one attached hydrogen (secondary N) is 1. The van der Waals surface area contributed by atoms with Crippen LogP contribution in [-0.2, 0) is 19.5 Å². The van der Waals surface area contributed by atoms with E-state index in [1.807, 2.05) is 16.7 Å². The van der Waals surface area contributed by atoms with E-state index in [1.54, 1.807) is 12.3 Å². The quantitative estimate of drug-likeness (QED) is 0.690. The molecule has 0 amide bonds. The molecule has 3 fully saturated rings. The Morgan fingerprint density at radius 3 is 2.55 bits per heavy atom. The molecule has 2 aromatic heterocycles. The molecule has 10 heteroatoms. The third-order valence-corrected chi connectivity index (χ3v) is 9.15. The summed E-state index contributed by atoms with van der Waals surface area (Å²) in [6, 6.07) is 1.70. The van der Waals surface area contributed by atoms with Gasteiger partial charge in [0.15, 0.2) is 5.65 Å². The highest BCUT2D eigenvalue weighted by molar-refractivity contribution is 7.89. The third-order valence-electron chi connectivity index (χ3n) is 7.61. The maximum absolute atomic E-state index is 13.5. The Balaban J connectivity index is 1.43. The summed E-state index contributed by atoms with van der Waals surface area (Å²) in [7, 11) is -3.89. The summed E-state index contributed by atoms with van der Waals surface area (Å²) in [4.78, 5) is 7.08. The first kappa shape index (κ1) is 21.5. The smallest absolute Gasteiger partial charge is 0.242 e. The number of sulfonamides is 1. The highest BCUT2D eigenvalue weighted by Gasteiger charge is 2.47. The van der Waals surface area contributed by atoms with Crippen LogP contribution in [0.4, 0.5) is 10.1 Å². The normalized spacial score (nSPS) is 24.0. The number of anilines is 1. The largest absolute Gasteiger partial charge is 0.380 e. The van der Waals surface area contributed by atoms with Gasteiger partial charge in [-0.05, 0) is 43.7 Å². The number of alkyl halides is 1. The number of piperidine rings is 1. The lowest BCUT2D eigenvalue weighted by Gasteiger charge is -2.47. The number of pyridine rings is 1. The van der Waals surface area contributed by atoms with Gasteiger partial charge in [0, 0.05) is 24.7 Å². The predicted octanol–water partition coefficient (Wildman–Crippen LogP) is 2.54. The fourth-order valence-electron chi connectivity index (χ4n) is 5.08. The molecule has 2 aromatic rings. The minimum Gasteiger partial charge on any atom is -0.380 e. The molecule has 4 aliphatic rings. The summed E-state index contributed by atoms with van der Waals surface area (Å²) in [5.41, 5.74) is 2.83. The van der Waals surface area contributed by atoms with Gasteiger partial charge in [0.1, 0.15) is 11.6 Å². The summed E-state index contributed by atoms with van der Waals surface area (Å²) in [6.07, 6.45) is 9.28. The van der Waals surface area contributed by atoms with Crippen molar-refractivity contribution in [3.05, 3.63) is 30.2 Å². The number of hydrogen-bond acceptors (Lipinski definition) is 6. The summed E-state index contributed by atoms with van der Waals surface area (Å²) >= 11 is 0. The second kappa shape index (κ2) is 7.76. The standard InChI is InChI=1S/C23H29FN4O4S/c24-14-23(3-4-23)26-33(29,30)18-11-19(27-7-5-22(6-8-27)15-32-16-22)21-25-12-20(28(21)13-18)17-1-9-31-10-2-17/h1,11-13,26H,2-10,14-16H2. The van der Waals surface area contributed by atoms with Crippen molar-refractivity contribution in [2.45, 2.75) is 42.5 Å². The van der Waals surface area contributed by atoms with Gasteiger partial charge in [-0.3, -0.25) is 4.40 Å². The van der Waals surface area contributed by atoms with Crippen LogP contribution in [0.3, 0.4) is 0 Å². The molecule has 1 saturated carbocycles. The zero-order valence-electron chi connectivity index (χ0n) is 18.6. The van der Waals surface area contributed by atoms with Gasteiger partial charge in [-0.25, -0.2) is 22.5 Å².